The molecule has 0 aliphatic heterocycles. The number of para-hydroxylation sites is 2. The van der Waals surface area contributed by atoms with Crippen molar-refractivity contribution in [2.24, 2.45) is 0 Å². The third-order valence-electron chi connectivity index (χ3n) is 3.23. The van der Waals surface area contributed by atoms with Crippen LogP contribution in [-0.2, 0) is 6.42 Å². The second-order valence-corrected chi connectivity index (χ2v) is 4.41. The first-order chi connectivity index (χ1) is 9.31. The molecule has 0 aliphatic rings. The zero-order valence-electron chi connectivity index (χ0n) is 10.7. The van der Waals surface area contributed by atoms with E-state index in [0.29, 0.717) is 17.6 Å². The standard InChI is InChI=1S/C16H14N2O/c1-2-14-16(12-8-4-3-5-9-12)17-13-10-6-7-11-15(13)18(14)19/h3-11H,2H2,1H3. The van der Waals surface area contributed by atoms with Crippen molar-refractivity contribution in [1.82, 2.24) is 4.98 Å². The Hall–Kier alpha value is -2.42. The molecule has 0 unspecified atom stereocenters. The molecule has 0 saturated heterocycles. The Labute approximate surface area is 111 Å². The maximum atomic E-state index is 12.4. The summed E-state index contributed by atoms with van der Waals surface area (Å²) in [4.78, 5) is 4.66. The van der Waals surface area contributed by atoms with Crippen LogP contribution in [0.5, 0.6) is 0 Å². The van der Waals surface area contributed by atoms with Gasteiger partial charge in [0.05, 0.1) is 0 Å². The molecule has 3 aromatic rings. The lowest BCUT2D eigenvalue weighted by molar-refractivity contribution is -0.585. The molecule has 19 heavy (non-hydrogen) atoms. The van der Waals surface area contributed by atoms with Gasteiger partial charge in [-0.05, 0) is 6.07 Å². The van der Waals surface area contributed by atoms with Crippen LogP contribution in [-0.4, -0.2) is 4.98 Å². The third kappa shape index (κ3) is 1.93. The summed E-state index contributed by atoms with van der Waals surface area (Å²) >= 11 is 0. The molecular weight excluding hydrogens is 236 g/mol. The van der Waals surface area contributed by atoms with Crippen LogP contribution in [0.1, 0.15) is 12.6 Å². The van der Waals surface area contributed by atoms with Gasteiger partial charge in [0.1, 0.15) is 11.2 Å². The molecule has 3 heteroatoms. The van der Waals surface area contributed by atoms with Crippen LogP contribution in [0.15, 0.2) is 54.6 Å². The largest absolute Gasteiger partial charge is 0.618 e. The molecule has 0 N–H and O–H groups in total. The number of rotatable bonds is 2. The van der Waals surface area contributed by atoms with Gasteiger partial charge < -0.3 is 5.21 Å². The molecule has 2 aromatic carbocycles. The summed E-state index contributed by atoms with van der Waals surface area (Å²) in [6.45, 7) is 1.98. The molecule has 0 fully saturated rings. The molecule has 0 bridgehead atoms. The number of fused-ring (bicyclic) bond motifs is 1. The topological polar surface area (TPSA) is 39.8 Å². The van der Waals surface area contributed by atoms with Crippen molar-refractivity contribution in [3.8, 4) is 11.3 Å². The highest BCUT2D eigenvalue weighted by Crippen LogP contribution is 2.22. The molecule has 1 aromatic heterocycles. The second kappa shape index (κ2) is 4.69. The smallest absolute Gasteiger partial charge is 0.242 e. The summed E-state index contributed by atoms with van der Waals surface area (Å²) in [6.07, 6.45) is 0.658. The zero-order chi connectivity index (χ0) is 13.2. The molecule has 3 rings (SSSR count). The van der Waals surface area contributed by atoms with E-state index in [2.05, 4.69) is 4.98 Å². The van der Waals surface area contributed by atoms with Crippen molar-refractivity contribution < 1.29 is 4.73 Å². The van der Waals surface area contributed by atoms with Crippen molar-refractivity contribution in [3.63, 3.8) is 0 Å². The first-order valence-electron chi connectivity index (χ1n) is 6.38. The highest BCUT2D eigenvalue weighted by molar-refractivity contribution is 5.75. The first-order valence-corrected chi connectivity index (χ1v) is 6.38. The van der Waals surface area contributed by atoms with E-state index in [9.17, 15) is 5.21 Å². The summed E-state index contributed by atoms with van der Waals surface area (Å²) in [5.74, 6) is 0. The number of aromatic nitrogens is 2. The molecule has 0 aliphatic carbocycles. The van der Waals surface area contributed by atoms with E-state index in [4.69, 9.17) is 0 Å². The highest BCUT2D eigenvalue weighted by atomic mass is 16.5. The van der Waals surface area contributed by atoms with Crippen LogP contribution >= 0.6 is 0 Å². The average molecular weight is 250 g/mol. The van der Waals surface area contributed by atoms with Crippen LogP contribution in [0.4, 0.5) is 0 Å². The fraction of sp³-hybridized carbons (Fsp3) is 0.125. The highest BCUT2D eigenvalue weighted by Gasteiger charge is 2.18. The quantitative estimate of drug-likeness (QED) is 0.518. The van der Waals surface area contributed by atoms with Gasteiger partial charge in [0, 0.05) is 18.1 Å². The molecule has 0 saturated carbocycles. The van der Waals surface area contributed by atoms with Gasteiger partial charge in [0.15, 0.2) is 0 Å². The summed E-state index contributed by atoms with van der Waals surface area (Å²) < 4.78 is 1.00. The lowest BCUT2D eigenvalue weighted by Crippen LogP contribution is -2.34. The Morgan fingerprint density at radius 1 is 1.00 bits per heavy atom. The van der Waals surface area contributed by atoms with Gasteiger partial charge in [0.2, 0.25) is 11.2 Å². The Morgan fingerprint density at radius 3 is 2.42 bits per heavy atom. The Balaban J connectivity index is 2.36. The fourth-order valence-electron chi connectivity index (χ4n) is 2.30. The van der Waals surface area contributed by atoms with E-state index in [1.54, 1.807) is 0 Å². The molecule has 0 atom stereocenters. The van der Waals surface area contributed by atoms with E-state index in [1.807, 2.05) is 61.5 Å². The van der Waals surface area contributed by atoms with Crippen LogP contribution < -0.4 is 4.73 Å². The summed E-state index contributed by atoms with van der Waals surface area (Å²) in [5, 5.41) is 12.4. The summed E-state index contributed by atoms with van der Waals surface area (Å²) in [7, 11) is 0. The van der Waals surface area contributed by atoms with Crippen molar-refractivity contribution in [1.29, 1.82) is 0 Å². The molecule has 3 nitrogen and oxygen atoms in total. The van der Waals surface area contributed by atoms with Crippen LogP contribution in [0.25, 0.3) is 22.3 Å². The number of hydrogen-bond donors (Lipinski definition) is 0. The van der Waals surface area contributed by atoms with Crippen molar-refractivity contribution in [2.45, 2.75) is 13.3 Å². The van der Waals surface area contributed by atoms with E-state index >= 15 is 0 Å². The first kappa shape index (κ1) is 11.7. The molecule has 0 spiro atoms. The molecule has 0 amide bonds. The van der Waals surface area contributed by atoms with E-state index in [0.717, 1.165) is 21.5 Å². The maximum Gasteiger partial charge on any atom is 0.242 e. The molecular formula is C16H14N2O. The second-order valence-electron chi connectivity index (χ2n) is 4.41. The van der Waals surface area contributed by atoms with E-state index in [-0.39, 0.29) is 0 Å². The number of hydrogen-bond acceptors (Lipinski definition) is 2. The molecule has 0 radical (unpaired) electrons. The third-order valence-corrected chi connectivity index (χ3v) is 3.23. The van der Waals surface area contributed by atoms with Crippen molar-refractivity contribution in [2.75, 3.05) is 0 Å². The van der Waals surface area contributed by atoms with Gasteiger partial charge in [0.25, 0.3) is 0 Å². The summed E-state index contributed by atoms with van der Waals surface area (Å²) in [5.41, 5.74) is 3.82. The predicted molar refractivity (Wildman–Crippen MR) is 75.5 cm³/mol. The molecule has 1 heterocycles. The average Bonchev–Trinajstić information content (AvgIpc) is 2.48. The number of benzene rings is 2. The van der Waals surface area contributed by atoms with Gasteiger partial charge in [-0.15, -0.1) is 0 Å². The Bertz CT molecular complexity index is 723. The predicted octanol–water partition coefficient (Wildman–Crippen LogP) is 3.10. The van der Waals surface area contributed by atoms with Crippen molar-refractivity contribution in [3.05, 3.63) is 65.5 Å². The number of nitrogens with zero attached hydrogens (tertiary/aromatic N) is 2. The monoisotopic (exact) mass is 250 g/mol. The van der Waals surface area contributed by atoms with Gasteiger partial charge in [-0.3, -0.25) is 0 Å². The Kier molecular flexibility index (Phi) is 2.88. The van der Waals surface area contributed by atoms with Gasteiger partial charge in [-0.1, -0.05) is 49.4 Å². The minimum absolute atomic E-state index is 0.624. The SMILES string of the molecule is CCc1c(-c2ccccc2)nc2ccccc2[n+]1[O-]. The van der Waals surface area contributed by atoms with E-state index < -0.39 is 0 Å². The van der Waals surface area contributed by atoms with Crippen LogP contribution in [0.3, 0.4) is 0 Å². The maximum absolute atomic E-state index is 12.4. The van der Waals surface area contributed by atoms with Gasteiger partial charge >= 0.3 is 0 Å². The normalized spacial score (nSPS) is 10.8. The Morgan fingerprint density at radius 2 is 1.68 bits per heavy atom. The van der Waals surface area contributed by atoms with Crippen LogP contribution in [0.2, 0.25) is 0 Å². The van der Waals surface area contributed by atoms with Crippen molar-refractivity contribution >= 4 is 11.0 Å². The minimum Gasteiger partial charge on any atom is -0.618 e. The van der Waals surface area contributed by atoms with Gasteiger partial charge in [-0.2, -0.15) is 4.73 Å². The van der Waals surface area contributed by atoms with E-state index in [1.165, 1.54) is 0 Å². The van der Waals surface area contributed by atoms with Crippen LogP contribution in [0, 0.1) is 5.21 Å². The lowest BCUT2D eigenvalue weighted by atomic mass is 10.1. The lowest BCUT2D eigenvalue weighted by Gasteiger charge is -2.10. The summed E-state index contributed by atoms with van der Waals surface area (Å²) in [6, 6.07) is 17.3. The van der Waals surface area contributed by atoms with Gasteiger partial charge in [-0.25, -0.2) is 4.98 Å². The molecule has 94 valence electrons. The fourth-order valence-corrected chi connectivity index (χ4v) is 2.30. The minimum atomic E-state index is 0.624. The zero-order valence-corrected chi connectivity index (χ0v) is 10.7.